The van der Waals surface area contributed by atoms with Crippen molar-refractivity contribution in [2.45, 2.75) is 0 Å². The van der Waals surface area contributed by atoms with Gasteiger partial charge in [-0.3, -0.25) is 0 Å². The fraction of sp³-hybridized carbons (Fsp3) is 0.100. The normalized spacial score (nSPS) is 10.6. The number of benzene rings is 1. The zero-order chi connectivity index (χ0) is 11.0. The molecule has 1 heterocycles. The third-order valence-corrected chi connectivity index (χ3v) is 2.84. The molecule has 0 aliphatic heterocycles. The fourth-order valence-electron chi connectivity index (χ4n) is 1.42. The van der Waals surface area contributed by atoms with Gasteiger partial charge in [-0.25, -0.2) is 4.39 Å². The number of ether oxygens (including phenoxy) is 1. The maximum Gasteiger partial charge on any atom is 0.224 e. The highest BCUT2D eigenvalue weighted by Gasteiger charge is 2.11. The molecule has 2 rings (SSSR count). The molecule has 1 aromatic heterocycles. The van der Waals surface area contributed by atoms with E-state index in [-0.39, 0.29) is 5.82 Å². The molecule has 0 saturated heterocycles. The average molecular weight is 271 g/mol. The topological polar surface area (TPSA) is 48.1 Å². The molecule has 2 aromatic rings. The van der Waals surface area contributed by atoms with Crippen LogP contribution < -0.4 is 10.5 Å². The molecule has 78 valence electrons. The Balaban J connectivity index is 2.91. The summed E-state index contributed by atoms with van der Waals surface area (Å²) in [5, 5.41) is 1.37. The minimum atomic E-state index is -0.354. The Labute approximate surface area is 94.2 Å². The van der Waals surface area contributed by atoms with Gasteiger partial charge in [0, 0.05) is 0 Å². The second-order valence-corrected chi connectivity index (χ2v) is 3.81. The van der Waals surface area contributed by atoms with Crippen molar-refractivity contribution in [3.63, 3.8) is 0 Å². The van der Waals surface area contributed by atoms with Crippen LogP contribution in [0, 0.1) is 5.82 Å². The number of hydrogen-bond acceptors (Lipinski definition) is 3. The van der Waals surface area contributed by atoms with E-state index in [4.69, 9.17) is 10.5 Å². The molecule has 0 amide bonds. The van der Waals surface area contributed by atoms with Crippen LogP contribution in [0.15, 0.2) is 22.7 Å². The summed E-state index contributed by atoms with van der Waals surface area (Å²) in [5.41, 5.74) is 5.59. The zero-order valence-corrected chi connectivity index (χ0v) is 9.51. The lowest BCUT2D eigenvalue weighted by atomic mass is 10.1. The van der Waals surface area contributed by atoms with Gasteiger partial charge >= 0.3 is 0 Å². The lowest BCUT2D eigenvalue weighted by Gasteiger charge is -2.07. The van der Waals surface area contributed by atoms with Crippen LogP contribution in [0.1, 0.15) is 0 Å². The first kappa shape index (κ1) is 10.2. The molecule has 0 spiro atoms. The van der Waals surface area contributed by atoms with Crippen LogP contribution >= 0.6 is 15.9 Å². The van der Waals surface area contributed by atoms with Crippen molar-refractivity contribution in [2.75, 3.05) is 12.8 Å². The molecule has 5 heteroatoms. The average Bonchev–Trinajstić information content (AvgIpc) is 2.22. The fourth-order valence-corrected chi connectivity index (χ4v) is 1.95. The van der Waals surface area contributed by atoms with Crippen molar-refractivity contribution in [2.24, 2.45) is 0 Å². The Hall–Kier alpha value is -1.36. The Kier molecular flexibility index (Phi) is 2.48. The highest BCUT2D eigenvalue weighted by molar-refractivity contribution is 9.10. The van der Waals surface area contributed by atoms with E-state index in [1.807, 2.05) is 0 Å². The molecule has 1 aromatic carbocycles. The Bertz CT molecular complexity index is 530. The second-order valence-electron chi connectivity index (χ2n) is 3.02. The molecule has 0 aliphatic carbocycles. The van der Waals surface area contributed by atoms with Crippen LogP contribution in [0.25, 0.3) is 10.8 Å². The number of hydrogen-bond donors (Lipinski definition) is 1. The Morgan fingerprint density at radius 1 is 1.47 bits per heavy atom. The number of fused-ring (bicyclic) bond motifs is 1. The summed E-state index contributed by atoms with van der Waals surface area (Å²) in [4.78, 5) is 3.98. The molecule has 0 unspecified atom stereocenters. The van der Waals surface area contributed by atoms with E-state index in [0.29, 0.717) is 21.6 Å². The monoisotopic (exact) mass is 270 g/mol. The molecule has 0 saturated carbocycles. The number of nitrogens with two attached hydrogens (primary N) is 1. The number of aromatic nitrogens is 1. The number of methoxy groups -OCH3 is 1. The SMILES string of the molecule is COc1nc(N)cc2ccc(F)c(Br)c12. The van der Waals surface area contributed by atoms with Gasteiger partial charge in [0.25, 0.3) is 0 Å². The first-order chi connectivity index (χ1) is 7.13. The Morgan fingerprint density at radius 3 is 2.87 bits per heavy atom. The predicted octanol–water partition coefficient (Wildman–Crippen LogP) is 2.73. The number of nitrogen functional groups attached to an aromatic ring is 1. The molecule has 2 N–H and O–H groups in total. The quantitative estimate of drug-likeness (QED) is 0.867. The van der Waals surface area contributed by atoms with Crippen LogP contribution in [0.3, 0.4) is 0 Å². The van der Waals surface area contributed by atoms with Gasteiger partial charge < -0.3 is 10.5 Å². The molecular formula is C10H8BrFN2O. The highest BCUT2D eigenvalue weighted by Crippen LogP contribution is 2.33. The zero-order valence-electron chi connectivity index (χ0n) is 7.92. The summed E-state index contributed by atoms with van der Waals surface area (Å²) in [7, 11) is 1.47. The van der Waals surface area contributed by atoms with Gasteiger partial charge in [0.2, 0.25) is 5.88 Å². The number of nitrogens with zero attached hydrogens (tertiary/aromatic N) is 1. The van der Waals surface area contributed by atoms with Gasteiger partial charge in [-0.1, -0.05) is 6.07 Å². The molecule has 15 heavy (non-hydrogen) atoms. The van der Waals surface area contributed by atoms with E-state index < -0.39 is 0 Å². The Morgan fingerprint density at radius 2 is 2.20 bits per heavy atom. The smallest absolute Gasteiger partial charge is 0.224 e. The summed E-state index contributed by atoms with van der Waals surface area (Å²) < 4.78 is 18.7. The number of pyridine rings is 1. The van der Waals surface area contributed by atoms with Gasteiger partial charge in [-0.2, -0.15) is 4.98 Å². The highest BCUT2D eigenvalue weighted by atomic mass is 79.9. The third kappa shape index (κ3) is 1.63. The van der Waals surface area contributed by atoms with Crippen LogP contribution in [-0.4, -0.2) is 12.1 Å². The molecule has 0 aliphatic rings. The number of anilines is 1. The summed E-state index contributed by atoms with van der Waals surface area (Å²) >= 11 is 3.16. The second kappa shape index (κ2) is 3.66. The summed E-state index contributed by atoms with van der Waals surface area (Å²) in [6.45, 7) is 0. The van der Waals surface area contributed by atoms with E-state index in [1.165, 1.54) is 13.2 Å². The van der Waals surface area contributed by atoms with Crippen LogP contribution in [0.5, 0.6) is 5.88 Å². The first-order valence-electron chi connectivity index (χ1n) is 4.21. The van der Waals surface area contributed by atoms with Crippen molar-refractivity contribution < 1.29 is 9.13 Å². The van der Waals surface area contributed by atoms with Gasteiger partial charge in [-0.05, 0) is 33.4 Å². The molecule has 0 atom stereocenters. The summed E-state index contributed by atoms with van der Waals surface area (Å²) in [6, 6.07) is 4.67. The van der Waals surface area contributed by atoms with Crippen LogP contribution in [-0.2, 0) is 0 Å². The minimum Gasteiger partial charge on any atom is -0.480 e. The molecular weight excluding hydrogens is 263 g/mol. The van der Waals surface area contributed by atoms with E-state index in [0.717, 1.165) is 5.39 Å². The van der Waals surface area contributed by atoms with E-state index in [1.54, 1.807) is 12.1 Å². The molecule has 0 fully saturated rings. The third-order valence-electron chi connectivity index (χ3n) is 2.07. The maximum atomic E-state index is 13.3. The van der Waals surface area contributed by atoms with E-state index in [9.17, 15) is 4.39 Å². The standard InChI is InChI=1S/C10H8BrFN2O/c1-15-10-8-5(4-7(13)14-10)2-3-6(12)9(8)11/h2-4H,1H3,(H2,13,14). The van der Waals surface area contributed by atoms with Crippen molar-refractivity contribution in [3.05, 3.63) is 28.5 Å². The van der Waals surface area contributed by atoms with Crippen molar-refractivity contribution in [1.29, 1.82) is 0 Å². The minimum absolute atomic E-state index is 0.316. The van der Waals surface area contributed by atoms with E-state index in [2.05, 4.69) is 20.9 Å². The van der Waals surface area contributed by atoms with Crippen molar-refractivity contribution >= 4 is 32.5 Å². The first-order valence-corrected chi connectivity index (χ1v) is 5.01. The number of halogens is 2. The molecule has 3 nitrogen and oxygen atoms in total. The summed E-state index contributed by atoms with van der Waals surface area (Å²) in [6.07, 6.45) is 0. The lowest BCUT2D eigenvalue weighted by Crippen LogP contribution is -1.96. The largest absolute Gasteiger partial charge is 0.480 e. The number of rotatable bonds is 1. The predicted molar refractivity (Wildman–Crippen MR) is 60.4 cm³/mol. The van der Waals surface area contributed by atoms with Gasteiger partial charge in [0.1, 0.15) is 11.6 Å². The van der Waals surface area contributed by atoms with Gasteiger partial charge in [0.15, 0.2) is 0 Å². The van der Waals surface area contributed by atoms with Crippen LogP contribution in [0.2, 0.25) is 0 Å². The van der Waals surface area contributed by atoms with E-state index >= 15 is 0 Å². The van der Waals surface area contributed by atoms with Gasteiger partial charge in [0.05, 0.1) is 17.0 Å². The van der Waals surface area contributed by atoms with Crippen LogP contribution in [0.4, 0.5) is 10.2 Å². The molecule has 0 radical (unpaired) electrons. The van der Waals surface area contributed by atoms with Gasteiger partial charge in [-0.15, -0.1) is 0 Å². The van der Waals surface area contributed by atoms with Crippen molar-refractivity contribution in [1.82, 2.24) is 4.98 Å². The summed E-state index contributed by atoms with van der Waals surface area (Å²) in [5.74, 6) is 0.307. The maximum absolute atomic E-state index is 13.3. The molecule has 0 bridgehead atoms. The van der Waals surface area contributed by atoms with Crippen molar-refractivity contribution in [3.8, 4) is 5.88 Å². The lowest BCUT2D eigenvalue weighted by molar-refractivity contribution is 0.403.